The zero-order valence-corrected chi connectivity index (χ0v) is 6.96. The Morgan fingerprint density at radius 3 is 2.00 bits per heavy atom. The summed E-state index contributed by atoms with van der Waals surface area (Å²) in [6.07, 6.45) is -1.58. The number of hydrogen-bond acceptors (Lipinski definition) is 5. The predicted molar refractivity (Wildman–Crippen MR) is 44.6 cm³/mol. The first-order valence-electron chi connectivity index (χ1n) is 3.33. The Morgan fingerprint density at radius 1 is 1.54 bits per heavy atom. The molecule has 0 radical (unpaired) electrons. The second-order valence-corrected chi connectivity index (χ2v) is 1.98. The number of primary amides is 1. The number of carbonyl (C=O) groups excluding carboxylic acids is 2. The van der Waals surface area contributed by atoms with Gasteiger partial charge in [0.15, 0.2) is 6.29 Å². The second-order valence-electron chi connectivity index (χ2n) is 1.98. The average Bonchev–Trinajstić information content (AvgIpc) is 2.16. The predicted octanol–water partition coefficient (Wildman–Crippen LogP) is -2.44. The highest BCUT2D eigenvalue weighted by atomic mass is 16.4. The van der Waals surface area contributed by atoms with Crippen molar-refractivity contribution in [3.8, 4) is 0 Å². The van der Waals surface area contributed by atoms with Crippen molar-refractivity contribution in [2.75, 3.05) is 6.61 Å². The SMILES string of the molecule is C=CC(N)=O.O=C[C@@H](O)[C@H](O)CO. The van der Waals surface area contributed by atoms with E-state index in [9.17, 15) is 9.59 Å². The maximum atomic E-state index is 9.58. The van der Waals surface area contributed by atoms with Crippen LogP contribution in [0.5, 0.6) is 0 Å². The Morgan fingerprint density at radius 2 is 1.92 bits per heavy atom. The van der Waals surface area contributed by atoms with E-state index in [4.69, 9.17) is 15.3 Å². The molecule has 6 nitrogen and oxygen atoms in total. The molecule has 0 unspecified atom stereocenters. The summed E-state index contributed by atoms with van der Waals surface area (Å²) in [5, 5.41) is 24.8. The van der Waals surface area contributed by atoms with Gasteiger partial charge in [0.2, 0.25) is 5.91 Å². The molecule has 0 aliphatic rings. The lowest BCUT2D eigenvalue weighted by atomic mass is 10.2. The molecule has 0 saturated carbocycles. The van der Waals surface area contributed by atoms with Gasteiger partial charge in [0.05, 0.1) is 6.61 Å². The molecule has 0 aromatic carbocycles. The van der Waals surface area contributed by atoms with E-state index in [1.807, 2.05) is 0 Å². The molecule has 13 heavy (non-hydrogen) atoms. The molecule has 0 heterocycles. The van der Waals surface area contributed by atoms with Crippen LogP contribution in [0.15, 0.2) is 12.7 Å². The van der Waals surface area contributed by atoms with Crippen LogP contribution in [0.2, 0.25) is 0 Å². The van der Waals surface area contributed by atoms with E-state index in [0.29, 0.717) is 0 Å². The zero-order chi connectivity index (χ0) is 10.9. The van der Waals surface area contributed by atoms with E-state index in [0.717, 1.165) is 6.08 Å². The summed E-state index contributed by atoms with van der Waals surface area (Å²) >= 11 is 0. The lowest BCUT2D eigenvalue weighted by Gasteiger charge is -2.06. The van der Waals surface area contributed by atoms with Crippen LogP contribution in [0.1, 0.15) is 0 Å². The topological polar surface area (TPSA) is 121 Å². The van der Waals surface area contributed by atoms with Gasteiger partial charge >= 0.3 is 0 Å². The molecular formula is C7H13NO5. The molecule has 0 fully saturated rings. The number of aliphatic hydroxyl groups excluding tert-OH is 3. The zero-order valence-electron chi connectivity index (χ0n) is 6.96. The highest BCUT2D eigenvalue weighted by molar-refractivity contribution is 5.84. The van der Waals surface area contributed by atoms with Gasteiger partial charge in [0.1, 0.15) is 12.2 Å². The van der Waals surface area contributed by atoms with Gasteiger partial charge in [0, 0.05) is 0 Å². The Balaban J connectivity index is 0. The lowest BCUT2D eigenvalue weighted by Crippen LogP contribution is -2.30. The smallest absolute Gasteiger partial charge is 0.240 e. The molecule has 5 N–H and O–H groups in total. The van der Waals surface area contributed by atoms with Gasteiger partial charge in [-0.3, -0.25) is 4.79 Å². The molecule has 0 aromatic heterocycles. The molecule has 0 bridgehead atoms. The summed E-state index contributed by atoms with van der Waals surface area (Å²) in [6, 6.07) is 0. The number of aliphatic hydroxyl groups is 3. The van der Waals surface area contributed by atoms with E-state index < -0.39 is 24.7 Å². The molecule has 2 atom stereocenters. The maximum absolute atomic E-state index is 9.58. The van der Waals surface area contributed by atoms with Crippen LogP contribution in [0.3, 0.4) is 0 Å². The van der Waals surface area contributed by atoms with E-state index in [2.05, 4.69) is 12.3 Å². The largest absolute Gasteiger partial charge is 0.394 e. The molecule has 0 spiro atoms. The normalized spacial score (nSPS) is 13.2. The molecule has 1 amide bonds. The third-order valence-corrected chi connectivity index (χ3v) is 0.922. The molecule has 0 aromatic rings. The van der Waals surface area contributed by atoms with Gasteiger partial charge in [-0.25, -0.2) is 0 Å². The van der Waals surface area contributed by atoms with Gasteiger partial charge in [-0.2, -0.15) is 0 Å². The first-order chi connectivity index (χ1) is 5.99. The maximum Gasteiger partial charge on any atom is 0.240 e. The first-order valence-corrected chi connectivity index (χ1v) is 3.33. The van der Waals surface area contributed by atoms with Crippen LogP contribution >= 0.6 is 0 Å². The average molecular weight is 191 g/mol. The van der Waals surface area contributed by atoms with Crippen molar-refractivity contribution >= 4 is 12.2 Å². The monoisotopic (exact) mass is 191 g/mol. The van der Waals surface area contributed by atoms with Crippen LogP contribution in [0, 0.1) is 0 Å². The summed E-state index contributed by atoms with van der Waals surface area (Å²) in [5.74, 6) is -0.481. The summed E-state index contributed by atoms with van der Waals surface area (Å²) in [4.78, 5) is 19.1. The van der Waals surface area contributed by atoms with Crippen molar-refractivity contribution in [3.05, 3.63) is 12.7 Å². The van der Waals surface area contributed by atoms with Gasteiger partial charge in [-0.15, -0.1) is 0 Å². The third kappa shape index (κ3) is 10.8. The number of rotatable bonds is 4. The Labute approximate surface area is 75.3 Å². The van der Waals surface area contributed by atoms with Gasteiger partial charge in [0.25, 0.3) is 0 Å². The van der Waals surface area contributed by atoms with Crippen LogP contribution in [0.4, 0.5) is 0 Å². The molecule has 0 aliphatic carbocycles. The Hall–Kier alpha value is -1.24. The van der Waals surface area contributed by atoms with Crippen molar-refractivity contribution in [1.82, 2.24) is 0 Å². The fourth-order valence-corrected chi connectivity index (χ4v) is 0.199. The van der Waals surface area contributed by atoms with Crippen LogP contribution in [0.25, 0.3) is 0 Å². The Bertz CT molecular complexity index is 170. The number of carbonyl (C=O) groups is 2. The van der Waals surface area contributed by atoms with Crippen molar-refractivity contribution < 1.29 is 24.9 Å². The van der Waals surface area contributed by atoms with Crippen LogP contribution in [-0.2, 0) is 9.59 Å². The highest BCUT2D eigenvalue weighted by Gasteiger charge is 2.12. The summed E-state index contributed by atoms with van der Waals surface area (Å²) in [7, 11) is 0. The number of amides is 1. The van der Waals surface area contributed by atoms with E-state index >= 15 is 0 Å². The van der Waals surface area contributed by atoms with Gasteiger partial charge in [-0.1, -0.05) is 6.58 Å². The molecule has 0 saturated heterocycles. The summed E-state index contributed by atoms with van der Waals surface area (Å²) in [6.45, 7) is 2.49. The summed E-state index contributed by atoms with van der Waals surface area (Å²) in [5.41, 5.74) is 4.53. The fourth-order valence-electron chi connectivity index (χ4n) is 0.199. The highest BCUT2D eigenvalue weighted by Crippen LogP contribution is 1.85. The van der Waals surface area contributed by atoms with Gasteiger partial charge in [-0.05, 0) is 6.08 Å². The van der Waals surface area contributed by atoms with Crippen molar-refractivity contribution in [2.45, 2.75) is 12.2 Å². The Kier molecular flexibility index (Phi) is 9.73. The third-order valence-electron chi connectivity index (χ3n) is 0.922. The number of hydrogen-bond donors (Lipinski definition) is 4. The van der Waals surface area contributed by atoms with E-state index in [1.165, 1.54) is 0 Å². The number of aldehydes is 1. The quantitative estimate of drug-likeness (QED) is 0.290. The molecular weight excluding hydrogens is 178 g/mol. The fraction of sp³-hybridized carbons (Fsp3) is 0.429. The minimum atomic E-state index is -1.46. The number of nitrogens with two attached hydrogens (primary N) is 1. The minimum absolute atomic E-state index is 0.168. The van der Waals surface area contributed by atoms with Crippen LogP contribution in [-0.4, -0.2) is 46.3 Å². The van der Waals surface area contributed by atoms with Gasteiger partial charge < -0.3 is 25.8 Å². The van der Waals surface area contributed by atoms with Crippen molar-refractivity contribution in [3.63, 3.8) is 0 Å². The summed E-state index contributed by atoms with van der Waals surface area (Å²) < 4.78 is 0. The molecule has 76 valence electrons. The standard InChI is InChI=1S/C4H8O4.C3H5NO/c5-1-3(7)4(8)2-6;1-2-3(4)5/h1,3-4,6-8H,2H2;2H,1H2,(H2,4,5)/t3-,4-;/m1./s1. The van der Waals surface area contributed by atoms with Crippen molar-refractivity contribution in [1.29, 1.82) is 0 Å². The molecule has 6 heteroatoms. The lowest BCUT2D eigenvalue weighted by molar-refractivity contribution is -0.121. The van der Waals surface area contributed by atoms with Crippen molar-refractivity contribution in [2.24, 2.45) is 5.73 Å². The first kappa shape index (κ1) is 14.3. The minimum Gasteiger partial charge on any atom is -0.394 e. The molecule has 0 aliphatic heterocycles. The van der Waals surface area contributed by atoms with E-state index in [1.54, 1.807) is 0 Å². The van der Waals surface area contributed by atoms with Crippen LogP contribution < -0.4 is 5.73 Å². The second kappa shape index (κ2) is 8.85. The molecule has 0 rings (SSSR count). The van der Waals surface area contributed by atoms with E-state index in [-0.39, 0.29) is 6.29 Å².